The molecule has 0 radical (unpaired) electrons. The molecule has 0 atom stereocenters. The first-order chi connectivity index (χ1) is 10.9. The minimum atomic E-state index is -0.0411. The van der Waals surface area contributed by atoms with Crippen LogP contribution in [0.3, 0.4) is 0 Å². The minimum absolute atomic E-state index is 0.0411. The fraction of sp³-hybridized carbons (Fsp3) is 0.250. The van der Waals surface area contributed by atoms with Crippen LogP contribution >= 0.6 is 15.9 Å². The van der Waals surface area contributed by atoms with Crippen LogP contribution in [-0.2, 0) is 4.79 Å². The Kier molecular flexibility index (Phi) is 4.15. The average molecular weight is 370 g/mol. The van der Waals surface area contributed by atoms with Crippen molar-refractivity contribution in [2.24, 2.45) is 5.41 Å². The third kappa shape index (κ3) is 3.11. The van der Waals surface area contributed by atoms with Crippen molar-refractivity contribution in [3.05, 3.63) is 64.1 Å². The fourth-order valence-electron chi connectivity index (χ4n) is 3.40. The smallest absolute Gasteiger partial charge is 0.221 e. The van der Waals surface area contributed by atoms with Crippen molar-refractivity contribution in [3.8, 4) is 0 Å². The zero-order valence-corrected chi connectivity index (χ0v) is 15.2. The van der Waals surface area contributed by atoms with Crippen molar-refractivity contribution < 1.29 is 4.79 Å². The number of para-hydroxylation sites is 1. The Morgan fingerprint density at radius 2 is 1.87 bits per heavy atom. The number of nitrogens with one attached hydrogen (secondary N) is 1. The lowest BCUT2D eigenvalue weighted by atomic mass is 9.62. The Bertz CT molecular complexity index is 805. The van der Waals surface area contributed by atoms with E-state index in [1.807, 2.05) is 24.3 Å². The number of anilines is 1. The number of halogens is 1. The van der Waals surface area contributed by atoms with Gasteiger partial charge in [0.15, 0.2) is 0 Å². The summed E-state index contributed by atoms with van der Waals surface area (Å²) in [4.78, 5) is 11.5. The summed E-state index contributed by atoms with van der Waals surface area (Å²) in [5.74, 6) is -0.0411. The highest BCUT2D eigenvalue weighted by molar-refractivity contribution is 9.10. The van der Waals surface area contributed by atoms with E-state index in [9.17, 15) is 4.79 Å². The van der Waals surface area contributed by atoms with Crippen LogP contribution in [0.5, 0.6) is 0 Å². The van der Waals surface area contributed by atoms with E-state index in [4.69, 9.17) is 0 Å². The Labute approximate surface area is 145 Å². The van der Waals surface area contributed by atoms with E-state index in [1.54, 1.807) is 6.92 Å². The maximum Gasteiger partial charge on any atom is 0.221 e. The molecule has 0 bridgehead atoms. The predicted octanol–water partition coefficient (Wildman–Crippen LogP) is 5.75. The highest BCUT2D eigenvalue weighted by atomic mass is 79.9. The molecule has 0 aliphatic heterocycles. The van der Waals surface area contributed by atoms with Gasteiger partial charge in [-0.3, -0.25) is 4.79 Å². The molecule has 1 N–H and O–H groups in total. The van der Waals surface area contributed by atoms with Gasteiger partial charge in [0, 0.05) is 22.6 Å². The van der Waals surface area contributed by atoms with Crippen LogP contribution in [0.2, 0.25) is 0 Å². The Balaban J connectivity index is 2.15. The SMILES string of the molecule is CC(=O)Nc1ccccc1C1=C(c2cccc(Br)c2)C(C)(C)C1. The molecule has 0 unspecified atom stereocenters. The monoisotopic (exact) mass is 369 g/mol. The van der Waals surface area contributed by atoms with Crippen LogP contribution in [0.4, 0.5) is 5.69 Å². The molecule has 3 rings (SSSR count). The molecule has 0 fully saturated rings. The van der Waals surface area contributed by atoms with Gasteiger partial charge in [-0.1, -0.05) is 60.1 Å². The molecule has 2 aromatic rings. The number of benzene rings is 2. The topological polar surface area (TPSA) is 29.1 Å². The molecule has 3 heteroatoms. The molecule has 0 saturated heterocycles. The van der Waals surface area contributed by atoms with Gasteiger partial charge in [0.1, 0.15) is 0 Å². The van der Waals surface area contributed by atoms with Crippen molar-refractivity contribution in [2.45, 2.75) is 27.2 Å². The van der Waals surface area contributed by atoms with Gasteiger partial charge in [-0.15, -0.1) is 0 Å². The quantitative estimate of drug-likeness (QED) is 0.733. The number of carbonyl (C=O) groups excluding carboxylic acids is 1. The predicted molar refractivity (Wildman–Crippen MR) is 100 cm³/mol. The number of rotatable bonds is 3. The molecule has 2 nitrogen and oxygen atoms in total. The fourth-order valence-corrected chi connectivity index (χ4v) is 3.80. The molecule has 1 aliphatic carbocycles. The van der Waals surface area contributed by atoms with Gasteiger partial charge < -0.3 is 5.32 Å². The molecular weight excluding hydrogens is 350 g/mol. The average Bonchev–Trinajstić information content (AvgIpc) is 2.45. The highest BCUT2D eigenvalue weighted by Crippen LogP contribution is 2.56. The van der Waals surface area contributed by atoms with Gasteiger partial charge in [0.2, 0.25) is 5.91 Å². The van der Waals surface area contributed by atoms with Gasteiger partial charge in [-0.2, -0.15) is 0 Å². The summed E-state index contributed by atoms with van der Waals surface area (Å²) in [6, 6.07) is 16.5. The summed E-state index contributed by atoms with van der Waals surface area (Å²) < 4.78 is 1.08. The van der Waals surface area contributed by atoms with E-state index in [0.717, 1.165) is 22.1 Å². The number of hydrogen-bond acceptors (Lipinski definition) is 1. The van der Waals surface area contributed by atoms with E-state index >= 15 is 0 Å². The van der Waals surface area contributed by atoms with Crippen LogP contribution in [0, 0.1) is 5.41 Å². The van der Waals surface area contributed by atoms with Crippen molar-refractivity contribution >= 4 is 38.7 Å². The summed E-state index contributed by atoms with van der Waals surface area (Å²) in [6.45, 7) is 6.09. The van der Waals surface area contributed by atoms with Crippen molar-refractivity contribution in [1.82, 2.24) is 0 Å². The lowest BCUT2D eigenvalue weighted by molar-refractivity contribution is -0.114. The van der Waals surface area contributed by atoms with Gasteiger partial charge in [0.25, 0.3) is 0 Å². The van der Waals surface area contributed by atoms with E-state index in [2.05, 4.69) is 59.4 Å². The lowest BCUT2D eigenvalue weighted by Crippen LogP contribution is -2.26. The molecule has 0 saturated carbocycles. The Hall–Kier alpha value is -1.87. The summed E-state index contributed by atoms with van der Waals surface area (Å²) in [5, 5.41) is 2.95. The molecule has 1 aliphatic rings. The van der Waals surface area contributed by atoms with E-state index in [-0.39, 0.29) is 11.3 Å². The summed E-state index contributed by atoms with van der Waals surface area (Å²) in [5.41, 5.74) is 6.06. The maximum atomic E-state index is 11.5. The van der Waals surface area contributed by atoms with E-state index in [0.29, 0.717) is 0 Å². The van der Waals surface area contributed by atoms with Crippen LogP contribution in [0.25, 0.3) is 11.1 Å². The van der Waals surface area contributed by atoms with Crippen molar-refractivity contribution in [2.75, 3.05) is 5.32 Å². The van der Waals surface area contributed by atoms with Gasteiger partial charge >= 0.3 is 0 Å². The Morgan fingerprint density at radius 3 is 2.52 bits per heavy atom. The molecule has 0 heterocycles. The van der Waals surface area contributed by atoms with E-state index in [1.165, 1.54) is 16.7 Å². The second-order valence-electron chi connectivity index (χ2n) is 6.65. The first kappa shape index (κ1) is 16.0. The molecular formula is C20H20BrNO. The molecule has 118 valence electrons. The van der Waals surface area contributed by atoms with Crippen molar-refractivity contribution in [3.63, 3.8) is 0 Å². The first-order valence-corrected chi connectivity index (χ1v) is 8.54. The number of amides is 1. The van der Waals surface area contributed by atoms with Crippen LogP contribution in [-0.4, -0.2) is 5.91 Å². The number of hydrogen-bond donors (Lipinski definition) is 1. The largest absolute Gasteiger partial charge is 0.326 e. The lowest BCUT2D eigenvalue weighted by Gasteiger charge is -2.42. The van der Waals surface area contributed by atoms with Crippen LogP contribution in [0.1, 0.15) is 38.3 Å². The molecule has 0 spiro atoms. The number of carbonyl (C=O) groups is 1. The maximum absolute atomic E-state index is 11.5. The third-order valence-electron chi connectivity index (χ3n) is 4.27. The van der Waals surface area contributed by atoms with Crippen molar-refractivity contribution in [1.29, 1.82) is 0 Å². The third-order valence-corrected chi connectivity index (χ3v) is 4.77. The molecule has 23 heavy (non-hydrogen) atoms. The minimum Gasteiger partial charge on any atom is -0.326 e. The second kappa shape index (κ2) is 5.97. The van der Waals surface area contributed by atoms with E-state index < -0.39 is 0 Å². The Morgan fingerprint density at radius 1 is 1.13 bits per heavy atom. The molecule has 0 aromatic heterocycles. The first-order valence-electron chi connectivity index (χ1n) is 7.75. The normalized spacial score (nSPS) is 16.0. The van der Waals surface area contributed by atoms with Crippen LogP contribution in [0.15, 0.2) is 53.0 Å². The highest BCUT2D eigenvalue weighted by Gasteiger charge is 2.38. The standard InChI is InChI=1S/C20H20BrNO/c1-13(23)22-18-10-5-4-9-16(18)17-12-20(2,3)19(17)14-7-6-8-15(21)11-14/h4-11H,12H2,1-3H3,(H,22,23). The molecule has 2 aromatic carbocycles. The van der Waals surface area contributed by atoms with Gasteiger partial charge in [-0.05, 0) is 46.7 Å². The zero-order valence-electron chi connectivity index (χ0n) is 13.6. The second-order valence-corrected chi connectivity index (χ2v) is 7.57. The number of allylic oxidation sites excluding steroid dienone is 2. The summed E-state index contributed by atoms with van der Waals surface area (Å²) in [7, 11) is 0. The summed E-state index contributed by atoms with van der Waals surface area (Å²) >= 11 is 3.57. The zero-order chi connectivity index (χ0) is 16.6. The van der Waals surface area contributed by atoms with Gasteiger partial charge in [-0.25, -0.2) is 0 Å². The molecule has 1 amide bonds. The van der Waals surface area contributed by atoms with Crippen LogP contribution < -0.4 is 5.32 Å². The van der Waals surface area contributed by atoms with Gasteiger partial charge in [0.05, 0.1) is 0 Å². The summed E-state index contributed by atoms with van der Waals surface area (Å²) in [6.07, 6.45) is 1.01.